The van der Waals surface area contributed by atoms with Crippen molar-refractivity contribution in [2.24, 2.45) is 11.8 Å². The second-order valence-electron chi connectivity index (χ2n) is 8.02. The first kappa shape index (κ1) is 21.4. The number of halogens is 1. The fourth-order valence-corrected chi connectivity index (χ4v) is 3.34. The molecule has 1 aliphatic rings. The van der Waals surface area contributed by atoms with Gasteiger partial charge in [-0.15, -0.1) is 0 Å². The number of piperazine rings is 1. The molecule has 1 fully saturated rings. The first-order valence-electron chi connectivity index (χ1n) is 9.79. The number of rotatable bonds is 7. The van der Waals surface area contributed by atoms with Crippen LogP contribution >= 0.6 is 0 Å². The van der Waals surface area contributed by atoms with Crippen LogP contribution in [0, 0.1) is 17.7 Å². The number of likely N-dealkylation sites (N-methyl/N-ethyl adjacent to an activating group) is 1. The Morgan fingerprint density at radius 3 is 2.33 bits per heavy atom. The Morgan fingerprint density at radius 2 is 1.74 bits per heavy atom. The molecule has 1 aliphatic heterocycles. The molecular weight excluding hydrogens is 345 g/mol. The summed E-state index contributed by atoms with van der Waals surface area (Å²) in [7, 11) is 2.04. The third kappa shape index (κ3) is 6.31. The van der Waals surface area contributed by atoms with Gasteiger partial charge in [-0.3, -0.25) is 9.59 Å². The standard InChI is InChI=1S/C21H32FN3O2/c1-15(2)13-19(21(27)25-11-9-24(4)10-12-25)23-20(26)16(3)14-17-7-5-6-8-18(17)22/h5-8,15-16,19H,9-14H2,1-4H3,(H,23,26)/t16?,19-/m0/s1. The van der Waals surface area contributed by atoms with E-state index >= 15 is 0 Å². The van der Waals surface area contributed by atoms with Gasteiger partial charge in [-0.25, -0.2) is 4.39 Å². The van der Waals surface area contributed by atoms with Crippen molar-refractivity contribution in [3.05, 3.63) is 35.6 Å². The molecule has 1 aromatic rings. The monoisotopic (exact) mass is 377 g/mol. The van der Waals surface area contributed by atoms with Crippen LogP contribution in [0.3, 0.4) is 0 Å². The number of amides is 2. The zero-order valence-electron chi connectivity index (χ0n) is 16.9. The topological polar surface area (TPSA) is 52.7 Å². The summed E-state index contributed by atoms with van der Waals surface area (Å²) in [4.78, 5) is 29.7. The highest BCUT2D eigenvalue weighted by Gasteiger charge is 2.29. The highest BCUT2D eigenvalue weighted by atomic mass is 19.1. The van der Waals surface area contributed by atoms with Gasteiger partial charge in [0.05, 0.1) is 0 Å². The lowest BCUT2D eigenvalue weighted by Gasteiger charge is -2.35. The first-order valence-corrected chi connectivity index (χ1v) is 9.79. The molecule has 2 rings (SSSR count). The number of benzene rings is 1. The zero-order valence-corrected chi connectivity index (χ0v) is 16.9. The van der Waals surface area contributed by atoms with Crippen molar-refractivity contribution in [1.29, 1.82) is 0 Å². The molecule has 2 amide bonds. The van der Waals surface area contributed by atoms with E-state index in [1.54, 1.807) is 25.1 Å². The summed E-state index contributed by atoms with van der Waals surface area (Å²) in [6.07, 6.45) is 0.916. The average molecular weight is 378 g/mol. The molecule has 1 heterocycles. The molecule has 0 aromatic heterocycles. The summed E-state index contributed by atoms with van der Waals surface area (Å²) in [5.41, 5.74) is 0.519. The van der Waals surface area contributed by atoms with Gasteiger partial charge in [0.1, 0.15) is 11.9 Å². The van der Waals surface area contributed by atoms with Crippen LogP contribution in [-0.2, 0) is 16.0 Å². The minimum atomic E-state index is -0.524. The molecule has 1 N–H and O–H groups in total. The van der Waals surface area contributed by atoms with Crippen LogP contribution in [0.15, 0.2) is 24.3 Å². The Labute approximate surface area is 161 Å². The van der Waals surface area contributed by atoms with E-state index in [-0.39, 0.29) is 23.5 Å². The van der Waals surface area contributed by atoms with E-state index in [9.17, 15) is 14.0 Å². The quantitative estimate of drug-likeness (QED) is 0.793. The predicted molar refractivity (Wildman–Crippen MR) is 105 cm³/mol. The molecule has 150 valence electrons. The smallest absolute Gasteiger partial charge is 0.245 e. The highest BCUT2D eigenvalue weighted by molar-refractivity contribution is 5.88. The van der Waals surface area contributed by atoms with Gasteiger partial charge in [0.2, 0.25) is 11.8 Å². The van der Waals surface area contributed by atoms with Crippen molar-refractivity contribution >= 4 is 11.8 Å². The predicted octanol–water partition coefficient (Wildman–Crippen LogP) is 2.31. The Balaban J connectivity index is 2.00. The number of nitrogens with zero attached hydrogens (tertiary/aromatic N) is 2. The maximum atomic E-state index is 13.9. The molecule has 1 saturated heterocycles. The zero-order chi connectivity index (χ0) is 20.0. The SMILES string of the molecule is CC(C)C[C@H](NC(=O)C(C)Cc1ccccc1F)C(=O)N1CCN(C)CC1. The van der Waals surface area contributed by atoms with E-state index < -0.39 is 12.0 Å². The molecule has 0 aliphatic carbocycles. The van der Waals surface area contributed by atoms with Gasteiger partial charge in [0, 0.05) is 32.1 Å². The third-order valence-corrected chi connectivity index (χ3v) is 5.07. The molecule has 0 radical (unpaired) electrons. The summed E-state index contributed by atoms with van der Waals surface area (Å²) in [5.74, 6) is -0.635. The second-order valence-corrected chi connectivity index (χ2v) is 8.02. The number of carbonyl (C=O) groups excluding carboxylic acids is 2. The molecule has 6 heteroatoms. The van der Waals surface area contributed by atoms with Gasteiger partial charge in [-0.05, 0) is 37.4 Å². The number of hydrogen-bond acceptors (Lipinski definition) is 3. The van der Waals surface area contributed by atoms with Crippen molar-refractivity contribution in [1.82, 2.24) is 15.1 Å². The summed E-state index contributed by atoms with van der Waals surface area (Å²) < 4.78 is 13.9. The van der Waals surface area contributed by atoms with Crippen molar-refractivity contribution in [2.75, 3.05) is 33.2 Å². The number of hydrogen-bond donors (Lipinski definition) is 1. The summed E-state index contributed by atoms with van der Waals surface area (Å²) >= 11 is 0. The molecular formula is C21H32FN3O2. The van der Waals surface area contributed by atoms with Crippen LogP contribution in [0.25, 0.3) is 0 Å². The van der Waals surface area contributed by atoms with Gasteiger partial charge in [0.15, 0.2) is 0 Å². The van der Waals surface area contributed by atoms with Gasteiger partial charge in [0.25, 0.3) is 0 Å². The van der Waals surface area contributed by atoms with Crippen LogP contribution in [0.1, 0.15) is 32.8 Å². The minimum absolute atomic E-state index is 0.0109. The number of nitrogens with one attached hydrogen (secondary N) is 1. The van der Waals surface area contributed by atoms with E-state index in [1.165, 1.54) is 6.07 Å². The van der Waals surface area contributed by atoms with Crippen LogP contribution in [-0.4, -0.2) is 60.9 Å². The van der Waals surface area contributed by atoms with E-state index in [4.69, 9.17) is 0 Å². The average Bonchev–Trinajstić information content (AvgIpc) is 2.62. The van der Waals surface area contributed by atoms with Crippen molar-refractivity contribution < 1.29 is 14.0 Å². The lowest BCUT2D eigenvalue weighted by molar-refractivity contribution is -0.139. The molecule has 27 heavy (non-hydrogen) atoms. The Bertz CT molecular complexity index is 642. The maximum Gasteiger partial charge on any atom is 0.245 e. The molecule has 2 atom stereocenters. The molecule has 0 spiro atoms. The van der Waals surface area contributed by atoms with Crippen molar-refractivity contribution in [2.45, 2.75) is 39.7 Å². The first-order chi connectivity index (χ1) is 12.8. The Kier molecular flexibility index (Phi) is 7.78. The van der Waals surface area contributed by atoms with E-state index in [1.807, 2.05) is 25.8 Å². The van der Waals surface area contributed by atoms with Gasteiger partial charge >= 0.3 is 0 Å². The summed E-state index contributed by atoms with van der Waals surface area (Å²) in [5, 5.41) is 2.93. The Morgan fingerprint density at radius 1 is 1.11 bits per heavy atom. The molecule has 0 bridgehead atoms. The van der Waals surface area contributed by atoms with Crippen LogP contribution in [0.4, 0.5) is 4.39 Å². The van der Waals surface area contributed by atoms with E-state index in [0.29, 0.717) is 31.5 Å². The summed E-state index contributed by atoms with van der Waals surface area (Å²) in [6, 6.07) is 5.97. The van der Waals surface area contributed by atoms with Gasteiger partial charge in [-0.2, -0.15) is 0 Å². The lowest BCUT2D eigenvalue weighted by atomic mass is 9.97. The van der Waals surface area contributed by atoms with Gasteiger partial charge < -0.3 is 15.1 Å². The third-order valence-electron chi connectivity index (χ3n) is 5.07. The maximum absolute atomic E-state index is 13.9. The second kappa shape index (κ2) is 9.83. The molecule has 5 nitrogen and oxygen atoms in total. The molecule has 1 unspecified atom stereocenters. The minimum Gasteiger partial charge on any atom is -0.344 e. The fourth-order valence-electron chi connectivity index (χ4n) is 3.34. The lowest BCUT2D eigenvalue weighted by Crippen LogP contribution is -2.55. The largest absolute Gasteiger partial charge is 0.344 e. The van der Waals surface area contributed by atoms with E-state index in [2.05, 4.69) is 10.2 Å². The summed E-state index contributed by atoms with van der Waals surface area (Å²) in [6.45, 7) is 8.91. The van der Waals surface area contributed by atoms with E-state index in [0.717, 1.165) is 13.1 Å². The van der Waals surface area contributed by atoms with Crippen molar-refractivity contribution in [3.8, 4) is 0 Å². The molecule has 0 saturated carbocycles. The highest BCUT2D eigenvalue weighted by Crippen LogP contribution is 2.15. The van der Waals surface area contributed by atoms with Crippen LogP contribution in [0.5, 0.6) is 0 Å². The molecule has 1 aromatic carbocycles. The van der Waals surface area contributed by atoms with Crippen LogP contribution < -0.4 is 5.32 Å². The van der Waals surface area contributed by atoms with Crippen molar-refractivity contribution in [3.63, 3.8) is 0 Å². The van der Waals surface area contributed by atoms with Gasteiger partial charge in [-0.1, -0.05) is 39.0 Å². The van der Waals surface area contributed by atoms with Crippen LogP contribution in [0.2, 0.25) is 0 Å². The Hall–Kier alpha value is -1.95. The normalized spacial score (nSPS) is 17.6. The fraction of sp³-hybridized carbons (Fsp3) is 0.619. The number of carbonyl (C=O) groups is 2.